The summed E-state index contributed by atoms with van der Waals surface area (Å²) in [5, 5.41) is 0. The van der Waals surface area contributed by atoms with Crippen molar-refractivity contribution in [2.75, 3.05) is 44.2 Å². The van der Waals surface area contributed by atoms with E-state index in [-0.39, 0.29) is 0 Å². The molecule has 1 saturated carbocycles. The highest BCUT2D eigenvalue weighted by Crippen LogP contribution is 2.35. The molecule has 4 fully saturated rings. The van der Waals surface area contributed by atoms with E-state index in [9.17, 15) is 4.79 Å². The molecule has 6 nitrogen and oxygen atoms in total. The molecule has 1 aromatic heterocycles. The Morgan fingerprint density at radius 2 is 1.52 bits per heavy atom. The van der Waals surface area contributed by atoms with Crippen LogP contribution in [0.2, 0.25) is 0 Å². The van der Waals surface area contributed by atoms with Gasteiger partial charge in [0.1, 0.15) is 5.78 Å². The van der Waals surface area contributed by atoms with Gasteiger partial charge in [0.25, 0.3) is 0 Å². The number of ketones is 1. The number of likely N-dealkylation sites (N-methyl/N-ethyl adjacent to an activating group) is 1. The topological polar surface area (TPSA) is 52.6 Å². The third-order valence-corrected chi connectivity index (χ3v) is 9.12. The molecule has 0 spiro atoms. The maximum Gasteiger partial charge on any atom is 0.225 e. The molecule has 182 valence electrons. The van der Waals surface area contributed by atoms with Gasteiger partial charge in [0, 0.05) is 56.5 Å². The van der Waals surface area contributed by atoms with Crippen LogP contribution in [0.3, 0.4) is 0 Å². The van der Waals surface area contributed by atoms with Crippen molar-refractivity contribution in [3.63, 3.8) is 0 Å². The molecule has 2 bridgehead atoms. The van der Waals surface area contributed by atoms with Crippen molar-refractivity contribution in [3.05, 3.63) is 18.0 Å². The Morgan fingerprint density at radius 1 is 0.879 bits per heavy atom. The van der Waals surface area contributed by atoms with Crippen LogP contribution in [0.4, 0.5) is 5.95 Å². The maximum absolute atomic E-state index is 12.0. The van der Waals surface area contributed by atoms with Crippen LogP contribution in [0.1, 0.15) is 83.1 Å². The number of rotatable bonds is 7. The van der Waals surface area contributed by atoms with Crippen molar-refractivity contribution in [1.29, 1.82) is 0 Å². The number of piperidine rings is 1. The van der Waals surface area contributed by atoms with Gasteiger partial charge in [-0.1, -0.05) is 13.8 Å². The summed E-state index contributed by atoms with van der Waals surface area (Å²) in [7, 11) is 0. The summed E-state index contributed by atoms with van der Waals surface area (Å²) in [6, 6.07) is 1.18. The standard InChI is InChI=1S/C27H43N5O/c1-3-26(33)22-7-5-20(6-8-22)17-31-13-11-21(12-14-31)23-15-28-27(29-16-23)32-24-9-10-25(32)19-30(4-2)18-24/h15-16,20-22,24-25H,3-14,17-19H2,1-2H3. The molecule has 3 aliphatic heterocycles. The molecule has 0 aromatic carbocycles. The minimum Gasteiger partial charge on any atom is -0.332 e. The molecule has 33 heavy (non-hydrogen) atoms. The zero-order valence-electron chi connectivity index (χ0n) is 20.8. The monoisotopic (exact) mass is 453 g/mol. The van der Waals surface area contributed by atoms with Gasteiger partial charge in [-0.15, -0.1) is 0 Å². The normalized spacial score (nSPS) is 31.8. The highest BCUT2D eigenvalue weighted by molar-refractivity contribution is 5.80. The van der Waals surface area contributed by atoms with Gasteiger partial charge in [-0.05, 0) is 88.4 Å². The molecular weight excluding hydrogens is 410 g/mol. The molecular formula is C27H43N5O. The first kappa shape index (κ1) is 23.2. The van der Waals surface area contributed by atoms with Gasteiger partial charge in [-0.3, -0.25) is 9.69 Å². The number of hydrogen-bond donors (Lipinski definition) is 0. The van der Waals surface area contributed by atoms with Crippen LogP contribution in [0, 0.1) is 11.8 Å². The Labute approximate surface area is 200 Å². The van der Waals surface area contributed by atoms with Gasteiger partial charge >= 0.3 is 0 Å². The summed E-state index contributed by atoms with van der Waals surface area (Å²) in [6.07, 6.45) is 14.7. The van der Waals surface area contributed by atoms with E-state index in [4.69, 9.17) is 9.97 Å². The largest absolute Gasteiger partial charge is 0.332 e. The van der Waals surface area contributed by atoms with E-state index in [2.05, 4.69) is 34.0 Å². The second kappa shape index (κ2) is 10.4. The Kier molecular flexibility index (Phi) is 7.31. The molecule has 2 unspecified atom stereocenters. The van der Waals surface area contributed by atoms with Gasteiger partial charge in [0.05, 0.1) is 0 Å². The minimum absolute atomic E-state index is 0.352. The van der Waals surface area contributed by atoms with Crippen LogP contribution < -0.4 is 4.90 Å². The van der Waals surface area contributed by atoms with E-state index in [1.807, 2.05) is 6.92 Å². The third kappa shape index (κ3) is 5.12. The molecule has 0 N–H and O–H groups in total. The number of carbonyl (C=O) groups excluding carboxylic acids is 1. The summed E-state index contributed by atoms with van der Waals surface area (Å²) in [4.78, 5) is 29.5. The van der Waals surface area contributed by atoms with Crippen molar-refractivity contribution < 1.29 is 4.79 Å². The number of fused-ring (bicyclic) bond motifs is 2. The van der Waals surface area contributed by atoms with Crippen molar-refractivity contribution >= 4 is 11.7 Å². The molecule has 4 heterocycles. The Bertz CT molecular complexity index is 768. The van der Waals surface area contributed by atoms with Crippen LogP contribution in [0.25, 0.3) is 0 Å². The molecule has 5 rings (SSSR count). The predicted molar refractivity (Wildman–Crippen MR) is 133 cm³/mol. The fraction of sp³-hybridized carbons (Fsp3) is 0.815. The van der Waals surface area contributed by atoms with Gasteiger partial charge in [0.2, 0.25) is 5.95 Å². The van der Waals surface area contributed by atoms with E-state index in [1.54, 1.807) is 0 Å². The lowest BCUT2D eigenvalue weighted by molar-refractivity contribution is -0.123. The Morgan fingerprint density at radius 3 is 2.09 bits per heavy atom. The smallest absolute Gasteiger partial charge is 0.225 e. The molecule has 3 saturated heterocycles. The predicted octanol–water partition coefficient (Wildman–Crippen LogP) is 4.11. The number of anilines is 1. The van der Waals surface area contributed by atoms with Crippen LogP contribution >= 0.6 is 0 Å². The second-order valence-electron chi connectivity index (χ2n) is 11.1. The number of piperazine rings is 1. The minimum atomic E-state index is 0.352. The molecule has 4 aliphatic rings. The van der Waals surface area contributed by atoms with Gasteiger partial charge in [-0.2, -0.15) is 0 Å². The summed E-state index contributed by atoms with van der Waals surface area (Å²) in [6.45, 7) is 11.3. The number of hydrogen-bond acceptors (Lipinski definition) is 6. The average molecular weight is 454 g/mol. The van der Waals surface area contributed by atoms with Crippen molar-refractivity contribution in [2.45, 2.75) is 89.6 Å². The molecule has 6 heteroatoms. The van der Waals surface area contributed by atoms with Gasteiger partial charge in [0.15, 0.2) is 0 Å². The zero-order valence-corrected chi connectivity index (χ0v) is 20.8. The number of Topliss-reactive ketones (excluding diaryl/α,β-unsaturated/α-hetero) is 1. The van der Waals surface area contributed by atoms with Crippen LogP contribution in [0.5, 0.6) is 0 Å². The summed E-state index contributed by atoms with van der Waals surface area (Å²) >= 11 is 0. The third-order valence-electron chi connectivity index (χ3n) is 9.12. The first-order chi connectivity index (χ1) is 16.1. The number of nitrogens with zero attached hydrogens (tertiary/aromatic N) is 5. The number of carbonyl (C=O) groups is 1. The summed E-state index contributed by atoms with van der Waals surface area (Å²) < 4.78 is 0. The van der Waals surface area contributed by atoms with Crippen molar-refractivity contribution in [2.24, 2.45) is 11.8 Å². The Hall–Kier alpha value is -1.53. The molecule has 0 radical (unpaired) electrons. The fourth-order valence-electron chi connectivity index (χ4n) is 7.02. The van der Waals surface area contributed by atoms with Crippen LogP contribution in [-0.4, -0.2) is 76.9 Å². The van der Waals surface area contributed by atoms with E-state index in [0.717, 1.165) is 44.3 Å². The van der Waals surface area contributed by atoms with E-state index in [0.29, 0.717) is 36.1 Å². The van der Waals surface area contributed by atoms with Crippen LogP contribution in [-0.2, 0) is 4.79 Å². The van der Waals surface area contributed by atoms with Crippen molar-refractivity contribution in [1.82, 2.24) is 19.8 Å². The first-order valence-corrected chi connectivity index (χ1v) is 13.7. The highest BCUT2D eigenvalue weighted by atomic mass is 16.1. The zero-order chi connectivity index (χ0) is 22.8. The number of likely N-dealkylation sites (tertiary alicyclic amines) is 2. The van der Waals surface area contributed by atoms with Crippen LogP contribution in [0.15, 0.2) is 12.4 Å². The van der Waals surface area contributed by atoms with Gasteiger partial charge in [-0.25, -0.2) is 9.97 Å². The lowest BCUT2D eigenvalue weighted by atomic mass is 9.79. The van der Waals surface area contributed by atoms with E-state index in [1.165, 1.54) is 63.7 Å². The summed E-state index contributed by atoms with van der Waals surface area (Å²) in [5.41, 5.74) is 1.33. The Balaban J connectivity index is 1.09. The molecule has 1 aromatic rings. The summed E-state index contributed by atoms with van der Waals surface area (Å²) in [5.74, 6) is 3.18. The SMILES string of the molecule is CCC(=O)C1CCC(CN2CCC(c3cnc(N4C5CCC4CN(CC)C5)nc3)CC2)CC1. The quantitative estimate of drug-likeness (QED) is 0.619. The van der Waals surface area contributed by atoms with E-state index >= 15 is 0 Å². The molecule has 1 aliphatic carbocycles. The van der Waals surface area contributed by atoms with Gasteiger partial charge < -0.3 is 9.80 Å². The lowest BCUT2D eigenvalue weighted by Gasteiger charge is -2.40. The lowest BCUT2D eigenvalue weighted by Crippen LogP contribution is -2.54. The number of aromatic nitrogens is 2. The molecule has 0 amide bonds. The highest BCUT2D eigenvalue weighted by Gasteiger charge is 2.40. The molecule has 2 atom stereocenters. The fourth-order valence-corrected chi connectivity index (χ4v) is 7.02. The van der Waals surface area contributed by atoms with Crippen molar-refractivity contribution in [3.8, 4) is 0 Å². The first-order valence-electron chi connectivity index (χ1n) is 13.7. The second-order valence-corrected chi connectivity index (χ2v) is 11.1. The van der Waals surface area contributed by atoms with E-state index < -0.39 is 0 Å². The average Bonchev–Trinajstić information content (AvgIpc) is 3.13. The maximum atomic E-state index is 12.0.